The zero-order valence-corrected chi connectivity index (χ0v) is 14.2. The lowest BCUT2D eigenvalue weighted by atomic mass is 10.0. The number of anilines is 1. The Balaban J connectivity index is 1.39. The molecule has 2 aromatic rings. The molecule has 4 rings (SSSR count). The summed E-state index contributed by atoms with van der Waals surface area (Å²) in [4.78, 5) is 12.3. The first kappa shape index (κ1) is 16.1. The maximum Gasteiger partial charge on any atom is 0.255 e. The van der Waals surface area contributed by atoms with E-state index >= 15 is 0 Å². The number of fused-ring (bicyclic) bond motifs is 2. The fourth-order valence-corrected chi connectivity index (χ4v) is 3.51. The Kier molecular flexibility index (Phi) is 4.42. The minimum absolute atomic E-state index is 0.120. The molecule has 0 saturated carbocycles. The Morgan fingerprint density at radius 2 is 1.96 bits per heavy atom. The molecule has 3 unspecified atom stereocenters. The number of nitrogens with one attached hydrogen (secondary N) is 2. The Bertz CT molecular complexity index is 743. The van der Waals surface area contributed by atoms with Gasteiger partial charge in [-0.15, -0.1) is 0 Å². The van der Waals surface area contributed by atoms with Gasteiger partial charge in [-0.25, -0.2) is 0 Å². The molecule has 0 aliphatic carbocycles. The number of ether oxygens (including phenoxy) is 2. The van der Waals surface area contributed by atoms with Crippen LogP contribution in [0.2, 0.25) is 0 Å². The van der Waals surface area contributed by atoms with Crippen LogP contribution < -0.4 is 15.4 Å². The number of rotatable bonds is 5. The average Bonchev–Trinajstić information content (AvgIpc) is 3.27. The van der Waals surface area contributed by atoms with Crippen LogP contribution >= 0.6 is 0 Å². The van der Waals surface area contributed by atoms with Gasteiger partial charge in [0.25, 0.3) is 5.91 Å². The number of carbonyl (C=O) groups is 1. The van der Waals surface area contributed by atoms with Crippen LogP contribution in [-0.4, -0.2) is 31.2 Å². The Labute approximate surface area is 147 Å². The molecule has 2 aliphatic heterocycles. The van der Waals surface area contributed by atoms with E-state index in [4.69, 9.17) is 9.47 Å². The molecular weight excluding hydrogens is 316 g/mol. The van der Waals surface area contributed by atoms with Gasteiger partial charge in [0.2, 0.25) is 0 Å². The maximum atomic E-state index is 12.3. The highest BCUT2D eigenvalue weighted by Crippen LogP contribution is 2.37. The fraction of sp³-hybridized carbons (Fsp3) is 0.350. The lowest BCUT2D eigenvalue weighted by molar-refractivity contribution is 0.0160. The minimum Gasteiger partial charge on any atom is -0.494 e. The molecule has 5 heteroatoms. The minimum atomic E-state index is -0.131. The molecule has 3 atom stereocenters. The third-order valence-electron chi connectivity index (χ3n) is 4.75. The van der Waals surface area contributed by atoms with Crippen molar-refractivity contribution in [1.82, 2.24) is 5.32 Å². The summed E-state index contributed by atoms with van der Waals surface area (Å²) >= 11 is 0. The lowest BCUT2D eigenvalue weighted by Crippen LogP contribution is -2.33. The van der Waals surface area contributed by atoms with Crippen molar-refractivity contribution >= 4 is 11.6 Å². The lowest BCUT2D eigenvalue weighted by Gasteiger charge is -2.23. The molecule has 1 amide bonds. The normalized spacial score (nSPS) is 24.3. The van der Waals surface area contributed by atoms with E-state index in [9.17, 15) is 4.79 Å². The summed E-state index contributed by atoms with van der Waals surface area (Å²) in [7, 11) is 0. The van der Waals surface area contributed by atoms with E-state index in [1.165, 1.54) is 0 Å². The monoisotopic (exact) mass is 338 g/mol. The topological polar surface area (TPSA) is 59.6 Å². The summed E-state index contributed by atoms with van der Waals surface area (Å²) in [5, 5.41) is 6.41. The van der Waals surface area contributed by atoms with Crippen LogP contribution in [0.15, 0.2) is 48.5 Å². The van der Waals surface area contributed by atoms with Crippen LogP contribution in [0.25, 0.3) is 0 Å². The van der Waals surface area contributed by atoms with Gasteiger partial charge in [-0.2, -0.15) is 0 Å². The van der Waals surface area contributed by atoms with Gasteiger partial charge in [-0.3, -0.25) is 4.79 Å². The number of hydrogen-bond acceptors (Lipinski definition) is 4. The number of benzene rings is 2. The second-order valence-electron chi connectivity index (χ2n) is 6.46. The Morgan fingerprint density at radius 3 is 2.56 bits per heavy atom. The molecule has 25 heavy (non-hydrogen) atoms. The molecule has 0 spiro atoms. The van der Waals surface area contributed by atoms with E-state index in [0.717, 1.165) is 30.0 Å². The highest BCUT2D eigenvalue weighted by molar-refractivity contribution is 6.04. The summed E-state index contributed by atoms with van der Waals surface area (Å²) in [6.07, 6.45) is 1.55. The van der Waals surface area contributed by atoms with Crippen molar-refractivity contribution in [3.63, 3.8) is 0 Å². The number of amides is 1. The van der Waals surface area contributed by atoms with Crippen molar-refractivity contribution in [2.75, 3.05) is 18.5 Å². The van der Waals surface area contributed by atoms with Crippen LogP contribution in [0.3, 0.4) is 0 Å². The zero-order chi connectivity index (χ0) is 17.2. The molecule has 2 aliphatic rings. The largest absolute Gasteiger partial charge is 0.494 e. The van der Waals surface area contributed by atoms with Gasteiger partial charge in [-0.1, -0.05) is 12.1 Å². The second kappa shape index (κ2) is 6.86. The summed E-state index contributed by atoms with van der Waals surface area (Å²) in [5.41, 5.74) is 2.53. The van der Waals surface area contributed by atoms with Gasteiger partial charge in [0.15, 0.2) is 0 Å². The van der Waals surface area contributed by atoms with E-state index in [2.05, 4.69) is 10.6 Å². The number of carbonyl (C=O) groups excluding carboxylic acids is 1. The van der Waals surface area contributed by atoms with Crippen molar-refractivity contribution in [3.8, 4) is 5.75 Å². The van der Waals surface area contributed by atoms with Crippen molar-refractivity contribution in [1.29, 1.82) is 0 Å². The zero-order valence-electron chi connectivity index (χ0n) is 14.2. The van der Waals surface area contributed by atoms with Crippen molar-refractivity contribution in [3.05, 3.63) is 59.7 Å². The maximum absolute atomic E-state index is 12.3. The molecule has 2 aromatic carbocycles. The Hall–Kier alpha value is -2.37. The van der Waals surface area contributed by atoms with E-state index in [0.29, 0.717) is 24.3 Å². The summed E-state index contributed by atoms with van der Waals surface area (Å²) in [6.45, 7) is 3.50. The predicted octanol–water partition coefficient (Wildman–Crippen LogP) is 3.14. The average molecular weight is 338 g/mol. The van der Waals surface area contributed by atoms with Crippen LogP contribution in [0, 0.1) is 0 Å². The highest BCUT2D eigenvalue weighted by Gasteiger charge is 2.41. The standard InChI is InChI=1S/C20H22N2O3/c1-2-24-16-9-5-14(6-10-16)20(23)22-15-7-3-13(4-8-15)19-18-11-17(25-19)12-21-18/h3-10,17-19,21H,2,11-12H2,1H3,(H,22,23). The van der Waals surface area contributed by atoms with Gasteiger partial charge in [-0.05, 0) is 55.3 Å². The first-order valence-corrected chi connectivity index (χ1v) is 8.76. The van der Waals surface area contributed by atoms with E-state index < -0.39 is 0 Å². The third kappa shape index (κ3) is 3.38. The van der Waals surface area contributed by atoms with Crippen LogP contribution in [-0.2, 0) is 4.74 Å². The van der Waals surface area contributed by atoms with E-state index in [1.807, 2.05) is 31.2 Å². The molecule has 0 radical (unpaired) electrons. The number of hydrogen-bond donors (Lipinski definition) is 2. The first-order valence-electron chi connectivity index (χ1n) is 8.76. The van der Waals surface area contributed by atoms with E-state index in [-0.39, 0.29) is 12.0 Å². The smallest absolute Gasteiger partial charge is 0.255 e. The SMILES string of the molecule is CCOc1ccc(C(=O)Nc2ccc(C3OC4CNC3C4)cc2)cc1. The molecule has 0 aromatic heterocycles. The van der Waals surface area contributed by atoms with Crippen molar-refractivity contribution < 1.29 is 14.3 Å². The van der Waals surface area contributed by atoms with Gasteiger partial charge >= 0.3 is 0 Å². The van der Waals surface area contributed by atoms with Crippen LogP contribution in [0.4, 0.5) is 5.69 Å². The molecule has 2 fully saturated rings. The molecule has 2 heterocycles. The van der Waals surface area contributed by atoms with Gasteiger partial charge < -0.3 is 20.1 Å². The van der Waals surface area contributed by atoms with Gasteiger partial charge in [0.05, 0.1) is 18.8 Å². The van der Waals surface area contributed by atoms with Crippen molar-refractivity contribution in [2.45, 2.75) is 31.6 Å². The molecule has 2 bridgehead atoms. The fourth-order valence-electron chi connectivity index (χ4n) is 3.51. The predicted molar refractivity (Wildman–Crippen MR) is 96.0 cm³/mol. The molecular formula is C20H22N2O3. The van der Waals surface area contributed by atoms with E-state index in [1.54, 1.807) is 24.3 Å². The van der Waals surface area contributed by atoms with Crippen molar-refractivity contribution in [2.24, 2.45) is 0 Å². The number of morpholine rings is 1. The van der Waals surface area contributed by atoms with Crippen LogP contribution in [0.1, 0.15) is 35.4 Å². The molecule has 130 valence electrons. The Morgan fingerprint density at radius 1 is 1.20 bits per heavy atom. The molecule has 2 saturated heterocycles. The summed E-state index contributed by atoms with van der Waals surface area (Å²) in [6, 6.07) is 15.5. The molecule has 5 nitrogen and oxygen atoms in total. The third-order valence-corrected chi connectivity index (χ3v) is 4.75. The summed E-state index contributed by atoms with van der Waals surface area (Å²) in [5.74, 6) is 0.636. The van der Waals surface area contributed by atoms with Crippen LogP contribution in [0.5, 0.6) is 5.75 Å². The van der Waals surface area contributed by atoms with Gasteiger partial charge in [0, 0.05) is 23.8 Å². The first-order chi connectivity index (χ1) is 12.2. The quantitative estimate of drug-likeness (QED) is 0.879. The second-order valence-corrected chi connectivity index (χ2v) is 6.46. The molecule has 2 N–H and O–H groups in total. The van der Waals surface area contributed by atoms with Gasteiger partial charge in [0.1, 0.15) is 5.75 Å². The summed E-state index contributed by atoms with van der Waals surface area (Å²) < 4.78 is 11.4. The highest BCUT2D eigenvalue weighted by atomic mass is 16.5.